The summed E-state index contributed by atoms with van der Waals surface area (Å²) in [6.45, 7) is 4.10. The van der Waals surface area contributed by atoms with Gasteiger partial charge in [0.25, 0.3) is 5.56 Å². The summed E-state index contributed by atoms with van der Waals surface area (Å²) in [5.41, 5.74) is 3.13. The van der Waals surface area contributed by atoms with Crippen LogP contribution in [0, 0.1) is 6.92 Å². The van der Waals surface area contributed by atoms with E-state index >= 15 is 0 Å². The molecule has 200 valence electrons. The molecule has 0 unspecified atom stereocenters. The molecule has 6 rings (SSSR count). The SMILES string of the molecule is Cc1ccc2[nH]c(=O)c([C@H](c3nnnn3C[C@@H]3CCCO3)N(Cc3ccco3)Cc3ccccc3Cl)cc2c1. The van der Waals surface area contributed by atoms with Gasteiger partial charge < -0.3 is 14.1 Å². The minimum absolute atomic E-state index is 0.0209. The maximum atomic E-state index is 13.7. The number of hydrogen-bond acceptors (Lipinski definition) is 7. The van der Waals surface area contributed by atoms with Gasteiger partial charge in [0, 0.05) is 29.3 Å². The lowest BCUT2D eigenvalue weighted by Crippen LogP contribution is -2.35. The first-order valence-electron chi connectivity index (χ1n) is 13.1. The number of nitrogens with one attached hydrogen (secondary N) is 1. The van der Waals surface area contributed by atoms with Crippen molar-refractivity contribution < 1.29 is 9.15 Å². The molecule has 2 atom stereocenters. The molecule has 0 radical (unpaired) electrons. The molecule has 0 bridgehead atoms. The topological polar surface area (TPSA) is 102 Å². The molecule has 1 fully saturated rings. The molecule has 1 saturated heterocycles. The molecule has 9 nitrogen and oxygen atoms in total. The molecule has 10 heteroatoms. The zero-order chi connectivity index (χ0) is 26.8. The lowest BCUT2D eigenvalue weighted by molar-refractivity contribution is 0.0901. The summed E-state index contributed by atoms with van der Waals surface area (Å²) in [6.07, 6.45) is 3.61. The van der Waals surface area contributed by atoms with Gasteiger partial charge in [0.05, 0.1) is 25.5 Å². The fourth-order valence-electron chi connectivity index (χ4n) is 5.25. The monoisotopic (exact) mass is 544 g/mol. The zero-order valence-corrected chi connectivity index (χ0v) is 22.3. The smallest absolute Gasteiger partial charge is 0.253 e. The molecule has 4 heterocycles. The highest BCUT2D eigenvalue weighted by atomic mass is 35.5. The van der Waals surface area contributed by atoms with Gasteiger partial charge in [-0.2, -0.15) is 0 Å². The number of aromatic amines is 1. The molecular weight excluding hydrogens is 516 g/mol. The van der Waals surface area contributed by atoms with Gasteiger partial charge in [-0.1, -0.05) is 41.4 Å². The van der Waals surface area contributed by atoms with E-state index in [1.54, 1.807) is 10.9 Å². The number of ether oxygens (including phenoxy) is 1. The fraction of sp³-hybridized carbons (Fsp3) is 0.310. The summed E-state index contributed by atoms with van der Waals surface area (Å²) in [4.78, 5) is 18.9. The number of furan rings is 1. The molecule has 39 heavy (non-hydrogen) atoms. The van der Waals surface area contributed by atoms with E-state index in [2.05, 4.69) is 31.5 Å². The van der Waals surface area contributed by atoms with Gasteiger partial charge in [-0.15, -0.1) is 5.10 Å². The molecular formula is C29H29ClN6O3. The van der Waals surface area contributed by atoms with Crippen molar-refractivity contribution in [1.29, 1.82) is 0 Å². The molecule has 0 amide bonds. The van der Waals surface area contributed by atoms with Crippen LogP contribution in [0.2, 0.25) is 5.02 Å². The predicted molar refractivity (Wildman–Crippen MR) is 147 cm³/mol. The van der Waals surface area contributed by atoms with E-state index in [1.807, 2.05) is 61.5 Å². The van der Waals surface area contributed by atoms with Crippen LogP contribution in [0.3, 0.4) is 0 Å². The van der Waals surface area contributed by atoms with Gasteiger partial charge in [0.2, 0.25) is 0 Å². The molecule has 1 aliphatic rings. The molecule has 3 aromatic heterocycles. The number of hydrogen-bond donors (Lipinski definition) is 1. The number of pyridine rings is 1. The van der Waals surface area contributed by atoms with Crippen LogP contribution in [0.1, 0.15) is 47.2 Å². The van der Waals surface area contributed by atoms with Crippen LogP contribution in [0.4, 0.5) is 0 Å². The van der Waals surface area contributed by atoms with E-state index in [9.17, 15) is 4.79 Å². The van der Waals surface area contributed by atoms with E-state index in [-0.39, 0.29) is 11.7 Å². The first-order chi connectivity index (χ1) is 19.0. The van der Waals surface area contributed by atoms with Crippen molar-refractivity contribution in [3.8, 4) is 0 Å². The summed E-state index contributed by atoms with van der Waals surface area (Å²) in [7, 11) is 0. The Morgan fingerprint density at radius 3 is 2.85 bits per heavy atom. The Labute approximate surface area is 230 Å². The number of fused-ring (bicyclic) bond motifs is 1. The Bertz CT molecular complexity index is 1620. The molecule has 5 aromatic rings. The highest BCUT2D eigenvalue weighted by Gasteiger charge is 2.32. The van der Waals surface area contributed by atoms with Crippen LogP contribution in [0.5, 0.6) is 0 Å². The van der Waals surface area contributed by atoms with Gasteiger partial charge in [0.1, 0.15) is 11.8 Å². The molecule has 1 N–H and O–H groups in total. The van der Waals surface area contributed by atoms with E-state index in [0.29, 0.717) is 36.0 Å². The molecule has 0 aliphatic carbocycles. The first kappa shape index (κ1) is 25.5. The molecule has 0 spiro atoms. The summed E-state index contributed by atoms with van der Waals surface area (Å²) in [5.74, 6) is 1.31. The van der Waals surface area contributed by atoms with Crippen LogP contribution in [0.25, 0.3) is 10.9 Å². The average molecular weight is 545 g/mol. The van der Waals surface area contributed by atoms with Gasteiger partial charge in [0.15, 0.2) is 5.82 Å². The van der Waals surface area contributed by atoms with Crippen LogP contribution in [-0.2, 0) is 24.4 Å². The second-order valence-corrected chi connectivity index (χ2v) is 10.4. The van der Waals surface area contributed by atoms with Crippen molar-refractivity contribution >= 4 is 22.5 Å². The Hall–Kier alpha value is -3.79. The van der Waals surface area contributed by atoms with Crippen LogP contribution >= 0.6 is 11.6 Å². The number of rotatable bonds is 9. The standard InChI is InChI=1S/C29H29ClN6O3/c1-19-10-11-26-21(14-19)15-24(29(37)31-26)27(28-32-33-34-36(28)18-23-8-5-13-39-23)35(17-22-7-4-12-38-22)16-20-6-2-3-9-25(20)30/h2-4,6-7,9-12,14-15,23,27H,5,8,13,16-18H2,1H3,(H,31,37)/t23-,27+/m0/s1. The van der Waals surface area contributed by atoms with E-state index in [4.69, 9.17) is 20.8 Å². The Morgan fingerprint density at radius 2 is 2.05 bits per heavy atom. The van der Waals surface area contributed by atoms with Crippen molar-refractivity contribution in [2.24, 2.45) is 0 Å². The minimum atomic E-state index is -0.601. The fourth-order valence-corrected chi connectivity index (χ4v) is 5.45. The van der Waals surface area contributed by atoms with Crippen molar-refractivity contribution in [2.45, 2.75) is 51.5 Å². The number of benzene rings is 2. The lowest BCUT2D eigenvalue weighted by atomic mass is 10.0. The average Bonchev–Trinajstić information content (AvgIpc) is 3.71. The summed E-state index contributed by atoms with van der Waals surface area (Å²) < 4.78 is 13.4. The number of H-pyrrole nitrogens is 1. The number of tetrazole rings is 1. The summed E-state index contributed by atoms with van der Waals surface area (Å²) >= 11 is 6.62. The molecule has 1 aliphatic heterocycles. The van der Waals surface area contributed by atoms with Gasteiger partial charge in [-0.25, -0.2) is 4.68 Å². The Kier molecular flexibility index (Phi) is 7.28. The van der Waals surface area contributed by atoms with Crippen LogP contribution in [0.15, 0.2) is 76.1 Å². The number of aromatic nitrogens is 5. The Morgan fingerprint density at radius 1 is 1.15 bits per heavy atom. The van der Waals surface area contributed by atoms with E-state index < -0.39 is 6.04 Å². The van der Waals surface area contributed by atoms with Crippen LogP contribution < -0.4 is 5.56 Å². The zero-order valence-electron chi connectivity index (χ0n) is 21.6. The van der Waals surface area contributed by atoms with Crippen molar-refractivity contribution in [3.05, 3.63) is 111 Å². The maximum Gasteiger partial charge on any atom is 0.253 e. The van der Waals surface area contributed by atoms with Gasteiger partial charge >= 0.3 is 0 Å². The van der Waals surface area contributed by atoms with E-state index in [0.717, 1.165) is 47.2 Å². The third-order valence-corrected chi connectivity index (χ3v) is 7.53. The summed E-state index contributed by atoms with van der Waals surface area (Å²) in [5, 5.41) is 14.4. The second kappa shape index (κ2) is 11.1. The minimum Gasteiger partial charge on any atom is -0.468 e. The summed E-state index contributed by atoms with van der Waals surface area (Å²) in [6, 6.07) is 18.8. The maximum absolute atomic E-state index is 13.7. The lowest BCUT2D eigenvalue weighted by Gasteiger charge is -2.31. The molecule has 2 aromatic carbocycles. The van der Waals surface area contributed by atoms with Crippen molar-refractivity contribution in [3.63, 3.8) is 0 Å². The van der Waals surface area contributed by atoms with Crippen molar-refractivity contribution in [1.82, 2.24) is 30.1 Å². The number of aryl methyl sites for hydroxylation is 1. The van der Waals surface area contributed by atoms with Gasteiger partial charge in [-0.05, 0) is 77.5 Å². The number of halogens is 1. The highest BCUT2D eigenvalue weighted by Crippen LogP contribution is 2.32. The third kappa shape index (κ3) is 5.52. The van der Waals surface area contributed by atoms with Gasteiger partial charge in [-0.3, -0.25) is 9.69 Å². The third-order valence-electron chi connectivity index (χ3n) is 7.16. The molecule has 0 saturated carbocycles. The Balaban J connectivity index is 1.51. The number of nitrogens with zero attached hydrogens (tertiary/aromatic N) is 5. The van der Waals surface area contributed by atoms with E-state index in [1.165, 1.54) is 0 Å². The highest BCUT2D eigenvalue weighted by molar-refractivity contribution is 6.31. The normalized spacial score (nSPS) is 16.3. The van der Waals surface area contributed by atoms with Crippen LogP contribution in [-0.4, -0.2) is 42.8 Å². The quantitative estimate of drug-likeness (QED) is 0.277. The first-order valence-corrected chi connectivity index (χ1v) is 13.4. The second-order valence-electron chi connectivity index (χ2n) is 9.98. The predicted octanol–water partition coefficient (Wildman–Crippen LogP) is 5.04. The largest absolute Gasteiger partial charge is 0.468 e. The van der Waals surface area contributed by atoms with Crippen molar-refractivity contribution in [2.75, 3.05) is 6.61 Å².